The second-order valence-corrected chi connectivity index (χ2v) is 8.00. The van der Waals surface area contributed by atoms with Gasteiger partial charge in [-0.1, -0.05) is 23.2 Å². The lowest BCUT2D eigenvalue weighted by molar-refractivity contribution is -0.132. The summed E-state index contributed by atoms with van der Waals surface area (Å²) in [5.41, 5.74) is 0.456. The van der Waals surface area contributed by atoms with Gasteiger partial charge in [0, 0.05) is 23.0 Å². The van der Waals surface area contributed by atoms with Gasteiger partial charge in [0.2, 0.25) is 0 Å². The van der Waals surface area contributed by atoms with Crippen LogP contribution in [0, 0.1) is 0 Å². The minimum absolute atomic E-state index is 0.0274. The third-order valence-corrected chi connectivity index (χ3v) is 5.73. The van der Waals surface area contributed by atoms with E-state index < -0.39 is 23.5 Å². The maximum Gasteiger partial charge on any atom is 0.300 e. The fourth-order valence-electron chi connectivity index (χ4n) is 3.72. The molecular weight excluding hydrogens is 467 g/mol. The number of aliphatic hydroxyl groups excluding tert-OH is 1. The highest BCUT2D eigenvalue weighted by molar-refractivity contribution is 6.52. The monoisotopic (exact) mass is 484 g/mol. The lowest BCUT2D eigenvalue weighted by Gasteiger charge is -2.26. The Morgan fingerprint density at radius 2 is 1.82 bits per heavy atom. The lowest BCUT2D eigenvalue weighted by atomic mass is 9.95. The van der Waals surface area contributed by atoms with E-state index in [4.69, 9.17) is 27.9 Å². The molecule has 7 nitrogen and oxygen atoms in total. The number of hydrogen-bond donors (Lipinski definition) is 2. The Morgan fingerprint density at radius 1 is 1.09 bits per heavy atom. The Bertz CT molecular complexity index is 1280. The Labute approximate surface area is 199 Å². The summed E-state index contributed by atoms with van der Waals surface area (Å²) in [5.74, 6) is -2.16. The molecule has 2 N–H and O–H groups in total. The summed E-state index contributed by atoms with van der Waals surface area (Å²) in [6.45, 7) is 2.19. The number of nitrogens with zero attached hydrogens (tertiary/aromatic N) is 2. The summed E-state index contributed by atoms with van der Waals surface area (Å²) in [6.07, 6.45) is 2.99. The van der Waals surface area contributed by atoms with Crippen LogP contribution in [-0.2, 0) is 9.59 Å². The number of carbonyl (C=O) groups excluding carboxylic acids is 2. The molecule has 1 aromatic heterocycles. The van der Waals surface area contributed by atoms with Gasteiger partial charge in [0.25, 0.3) is 11.7 Å². The first-order valence-corrected chi connectivity index (χ1v) is 10.7. The van der Waals surface area contributed by atoms with Crippen molar-refractivity contribution in [3.63, 3.8) is 0 Å². The van der Waals surface area contributed by atoms with Crippen LogP contribution in [0.1, 0.15) is 24.1 Å². The molecule has 1 unspecified atom stereocenters. The predicted molar refractivity (Wildman–Crippen MR) is 125 cm³/mol. The molecule has 0 radical (unpaired) electrons. The molecule has 1 amide bonds. The summed E-state index contributed by atoms with van der Waals surface area (Å²) in [7, 11) is 0. The molecule has 1 saturated heterocycles. The second kappa shape index (κ2) is 9.13. The zero-order valence-electron chi connectivity index (χ0n) is 17.3. The molecule has 2 heterocycles. The lowest BCUT2D eigenvalue weighted by Crippen LogP contribution is -2.29. The minimum atomic E-state index is -1.07. The fourth-order valence-corrected chi connectivity index (χ4v) is 4.09. The number of rotatable bonds is 5. The Kier molecular flexibility index (Phi) is 6.26. The number of phenols is 1. The molecule has 33 heavy (non-hydrogen) atoms. The first-order valence-electron chi connectivity index (χ1n) is 9.95. The van der Waals surface area contributed by atoms with Crippen LogP contribution in [0.3, 0.4) is 0 Å². The van der Waals surface area contributed by atoms with E-state index in [0.717, 1.165) is 4.90 Å². The van der Waals surface area contributed by atoms with Crippen LogP contribution in [0.25, 0.3) is 5.76 Å². The molecule has 0 aliphatic carbocycles. The number of Topliss-reactive ketones (excluding diaryl/α,β-unsaturated/α-hetero) is 1. The normalized spacial score (nSPS) is 17.4. The number of ether oxygens (including phenoxy) is 1. The van der Waals surface area contributed by atoms with Crippen LogP contribution in [0.15, 0.2) is 66.5 Å². The van der Waals surface area contributed by atoms with Gasteiger partial charge in [0.1, 0.15) is 17.3 Å². The van der Waals surface area contributed by atoms with Crippen LogP contribution in [0.4, 0.5) is 5.69 Å². The molecule has 1 aliphatic rings. The number of ketones is 1. The van der Waals surface area contributed by atoms with E-state index in [1.165, 1.54) is 42.7 Å². The third kappa shape index (κ3) is 4.13. The fraction of sp³-hybridized carbons (Fsp3) is 0.125. The summed E-state index contributed by atoms with van der Waals surface area (Å²) in [5, 5.41) is 22.1. The molecule has 2 aromatic carbocycles. The minimum Gasteiger partial charge on any atom is -0.507 e. The van der Waals surface area contributed by atoms with Gasteiger partial charge in [-0.3, -0.25) is 19.5 Å². The average molecular weight is 485 g/mol. The molecule has 0 bridgehead atoms. The highest BCUT2D eigenvalue weighted by Gasteiger charge is 2.48. The number of phenolic OH excluding ortho intramolecular Hbond substituents is 1. The van der Waals surface area contributed by atoms with Gasteiger partial charge >= 0.3 is 0 Å². The van der Waals surface area contributed by atoms with Crippen LogP contribution < -0.4 is 9.64 Å². The number of hydrogen-bond acceptors (Lipinski definition) is 6. The van der Waals surface area contributed by atoms with Crippen molar-refractivity contribution < 1.29 is 24.5 Å². The number of halogens is 2. The van der Waals surface area contributed by atoms with E-state index in [1.807, 2.05) is 0 Å². The Hall–Kier alpha value is -3.55. The third-order valence-electron chi connectivity index (χ3n) is 5.17. The quantitative estimate of drug-likeness (QED) is 0.296. The highest BCUT2D eigenvalue weighted by Crippen LogP contribution is 2.46. The predicted octanol–water partition coefficient (Wildman–Crippen LogP) is 5.12. The van der Waals surface area contributed by atoms with E-state index >= 15 is 0 Å². The van der Waals surface area contributed by atoms with E-state index in [0.29, 0.717) is 17.9 Å². The summed E-state index contributed by atoms with van der Waals surface area (Å²) >= 11 is 12.4. The van der Waals surface area contributed by atoms with Crippen molar-refractivity contribution in [3.8, 4) is 11.5 Å². The number of pyridine rings is 1. The number of aliphatic hydroxyl groups is 1. The Balaban J connectivity index is 1.98. The molecule has 168 valence electrons. The van der Waals surface area contributed by atoms with Crippen LogP contribution in [0.2, 0.25) is 10.0 Å². The number of benzene rings is 2. The number of aromatic nitrogens is 1. The maximum absolute atomic E-state index is 13.2. The van der Waals surface area contributed by atoms with Gasteiger partial charge in [-0.05, 0) is 61.0 Å². The van der Waals surface area contributed by atoms with Crippen molar-refractivity contribution in [3.05, 3.63) is 87.7 Å². The van der Waals surface area contributed by atoms with E-state index in [2.05, 4.69) is 4.98 Å². The topological polar surface area (TPSA) is 100.0 Å². The van der Waals surface area contributed by atoms with Gasteiger partial charge in [0.15, 0.2) is 0 Å². The molecule has 1 atom stereocenters. The second-order valence-electron chi connectivity index (χ2n) is 7.16. The largest absolute Gasteiger partial charge is 0.507 e. The van der Waals surface area contributed by atoms with Crippen LogP contribution >= 0.6 is 23.2 Å². The summed E-state index contributed by atoms with van der Waals surface area (Å²) < 4.78 is 5.48. The average Bonchev–Trinajstić information content (AvgIpc) is 3.07. The molecule has 1 fully saturated rings. The van der Waals surface area contributed by atoms with E-state index in [1.54, 1.807) is 25.1 Å². The molecule has 4 rings (SSSR count). The van der Waals surface area contributed by atoms with Gasteiger partial charge < -0.3 is 14.9 Å². The van der Waals surface area contributed by atoms with Crippen molar-refractivity contribution in [2.45, 2.75) is 13.0 Å². The zero-order valence-corrected chi connectivity index (χ0v) is 18.8. The van der Waals surface area contributed by atoms with Crippen molar-refractivity contribution >= 4 is 46.3 Å². The van der Waals surface area contributed by atoms with Gasteiger partial charge in [-0.15, -0.1) is 0 Å². The maximum atomic E-state index is 13.2. The highest BCUT2D eigenvalue weighted by atomic mass is 35.5. The molecule has 0 saturated carbocycles. The van der Waals surface area contributed by atoms with Crippen molar-refractivity contribution in [2.75, 3.05) is 11.5 Å². The van der Waals surface area contributed by atoms with E-state index in [-0.39, 0.29) is 32.6 Å². The first-order chi connectivity index (χ1) is 15.8. The number of anilines is 1. The first kappa shape index (κ1) is 22.6. The zero-order chi connectivity index (χ0) is 23.7. The molecule has 1 aliphatic heterocycles. The standard InChI is InChI=1S/C24H18Cl2N2O5/c1-2-33-15-4-5-17(26)16(12-15)22(30)20-21(13-7-9-27-10-8-13)28(24(32)23(20)31)18-11-14(25)3-6-19(18)29/h3-12,21,29-30H,2H2,1H3/b22-20+. The number of aromatic hydroxyl groups is 1. The van der Waals surface area contributed by atoms with Crippen molar-refractivity contribution in [1.82, 2.24) is 4.98 Å². The van der Waals surface area contributed by atoms with Crippen LogP contribution in [0.5, 0.6) is 11.5 Å². The summed E-state index contributed by atoms with van der Waals surface area (Å²) in [6, 6.07) is 11.0. The number of amides is 1. The number of carbonyl (C=O) groups is 2. The molecule has 3 aromatic rings. The molecule has 0 spiro atoms. The van der Waals surface area contributed by atoms with Crippen LogP contribution in [-0.4, -0.2) is 33.5 Å². The van der Waals surface area contributed by atoms with Gasteiger partial charge in [-0.25, -0.2) is 0 Å². The Morgan fingerprint density at radius 3 is 2.52 bits per heavy atom. The van der Waals surface area contributed by atoms with E-state index in [9.17, 15) is 19.8 Å². The van der Waals surface area contributed by atoms with Crippen molar-refractivity contribution in [2.24, 2.45) is 0 Å². The SMILES string of the molecule is CCOc1ccc(Cl)c(/C(O)=C2\C(=O)C(=O)N(c3cc(Cl)ccc3O)C2c2ccncc2)c1. The van der Waals surface area contributed by atoms with Gasteiger partial charge in [0.05, 0.1) is 28.9 Å². The summed E-state index contributed by atoms with van der Waals surface area (Å²) in [4.78, 5) is 31.4. The molecule has 9 heteroatoms. The van der Waals surface area contributed by atoms with Crippen molar-refractivity contribution in [1.29, 1.82) is 0 Å². The van der Waals surface area contributed by atoms with Gasteiger partial charge in [-0.2, -0.15) is 0 Å². The molecular formula is C24H18Cl2N2O5. The smallest absolute Gasteiger partial charge is 0.300 e.